The minimum Gasteiger partial charge on any atom is -0.350 e. The fraction of sp³-hybridized carbons (Fsp3) is 0.389. The van der Waals surface area contributed by atoms with Crippen LogP contribution < -0.4 is 15.8 Å². The van der Waals surface area contributed by atoms with Crippen LogP contribution in [0.1, 0.15) is 19.4 Å². The van der Waals surface area contributed by atoms with Gasteiger partial charge in [-0.05, 0) is 19.4 Å². The van der Waals surface area contributed by atoms with E-state index in [0.29, 0.717) is 23.7 Å². The summed E-state index contributed by atoms with van der Waals surface area (Å²) in [4.78, 5) is 25.5. The van der Waals surface area contributed by atoms with Gasteiger partial charge in [0.25, 0.3) is 5.56 Å². The molecule has 0 saturated heterocycles. The van der Waals surface area contributed by atoms with Crippen LogP contribution in [0.2, 0.25) is 0 Å². The van der Waals surface area contributed by atoms with Crippen LogP contribution in [0.15, 0.2) is 41.5 Å². The second-order valence-corrected chi connectivity index (χ2v) is 6.08. The Balaban J connectivity index is 1.76. The number of anilines is 1. The van der Waals surface area contributed by atoms with E-state index in [2.05, 4.69) is 34.1 Å². The largest absolute Gasteiger partial charge is 0.350 e. The maximum atomic E-state index is 12.5. The van der Waals surface area contributed by atoms with Gasteiger partial charge in [-0.25, -0.2) is 4.98 Å². The Bertz CT molecular complexity index is 866. The van der Waals surface area contributed by atoms with Gasteiger partial charge < -0.3 is 14.8 Å². The predicted molar refractivity (Wildman–Crippen MR) is 99.1 cm³/mol. The molecule has 3 N–H and O–H groups in total. The standard InChI is InChI=1S/C18H24N6O/c1-3-23(4-2)11-10-19-18-21-16-15(17(25)22-18)24(13-20-16)12-14-8-6-5-7-9-14/h5-9,13H,3-4,10-12H2,1-2H3,(H2,19,21,22,25)/p+1. The topological polar surface area (TPSA) is 80.0 Å². The fourth-order valence-corrected chi connectivity index (χ4v) is 2.93. The lowest BCUT2D eigenvalue weighted by atomic mass is 10.2. The van der Waals surface area contributed by atoms with E-state index in [1.165, 1.54) is 4.90 Å². The fourth-order valence-electron chi connectivity index (χ4n) is 2.93. The number of benzene rings is 1. The van der Waals surface area contributed by atoms with Crippen molar-refractivity contribution in [3.63, 3.8) is 0 Å². The Labute approximate surface area is 146 Å². The molecule has 7 nitrogen and oxygen atoms in total. The minimum absolute atomic E-state index is 0.170. The smallest absolute Gasteiger partial charge is 0.278 e. The van der Waals surface area contributed by atoms with Gasteiger partial charge in [-0.1, -0.05) is 30.3 Å². The van der Waals surface area contributed by atoms with Crippen LogP contribution in [0, 0.1) is 0 Å². The predicted octanol–water partition coefficient (Wildman–Crippen LogP) is 0.505. The molecular weight excluding hydrogens is 316 g/mol. The van der Waals surface area contributed by atoms with Crippen molar-refractivity contribution in [3.8, 4) is 0 Å². The van der Waals surface area contributed by atoms with E-state index in [4.69, 9.17) is 0 Å². The molecule has 0 spiro atoms. The molecule has 3 aromatic rings. The van der Waals surface area contributed by atoms with Gasteiger partial charge in [-0.15, -0.1) is 0 Å². The molecule has 0 saturated carbocycles. The number of hydrogen-bond donors (Lipinski definition) is 3. The Morgan fingerprint density at radius 2 is 1.96 bits per heavy atom. The summed E-state index contributed by atoms with van der Waals surface area (Å²) in [6, 6.07) is 9.99. The first-order valence-corrected chi connectivity index (χ1v) is 8.77. The van der Waals surface area contributed by atoms with Crippen molar-refractivity contribution in [2.75, 3.05) is 31.5 Å². The molecule has 0 aliphatic rings. The average Bonchev–Trinajstić information content (AvgIpc) is 3.03. The van der Waals surface area contributed by atoms with Crippen LogP contribution in [0.3, 0.4) is 0 Å². The van der Waals surface area contributed by atoms with Crippen LogP contribution in [0.25, 0.3) is 11.2 Å². The summed E-state index contributed by atoms with van der Waals surface area (Å²) in [7, 11) is 0. The maximum absolute atomic E-state index is 12.5. The Morgan fingerprint density at radius 3 is 2.68 bits per heavy atom. The van der Waals surface area contributed by atoms with Crippen molar-refractivity contribution < 1.29 is 4.90 Å². The van der Waals surface area contributed by atoms with Crippen LogP contribution in [0.5, 0.6) is 0 Å². The molecule has 0 radical (unpaired) electrons. The van der Waals surface area contributed by atoms with Gasteiger partial charge in [0.1, 0.15) is 0 Å². The van der Waals surface area contributed by atoms with Gasteiger partial charge in [0.05, 0.1) is 32.5 Å². The van der Waals surface area contributed by atoms with E-state index in [-0.39, 0.29) is 5.56 Å². The van der Waals surface area contributed by atoms with Crippen molar-refractivity contribution >= 4 is 17.1 Å². The second-order valence-electron chi connectivity index (χ2n) is 6.08. The zero-order chi connectivity index (χ0) is 17.6. The van der Waals surface area contributed by atoms with E-state index in [1.54, 1.807) is 6.33 Å². The van der Waals surface area contributed by atoms with Gasteiger partial charge in [0.15, 0.2) is 11.2 Å². The zero-order valence-electron chi connectivity index (χ0n) is 14.7. The van der Waals surface area contributed by atoms with E-state index in [9.17, 15) is 4.79 Å². The number of nitrogens with one attached hydrogen (secondary N) is 3. The van der Waals surface area contributed by atoms with Crippen molar-refractivity contribution in [2.45, 2.75) is 20.4 Å². The lowest BCUT2D eigenvalue weighted by Gasteiger charge is -2.15. The van der Waals surface area contributed by atoms with Gasteiger partial charge in [-0.3, -0.25) is 9.78 Å². The van der Waals surface area contributed by atoms with Crippen molar-refractivity contribution in [3.05, 3.63) is 52.6 Å². The van der Waals surface area contributed by atoms with E-state index < -0.39 is 0 Å². The number of hydrogen-bond acceptors (Lipinski definition) is 4. The highest BCUT2D eigenvalue weighted by Gasteiger charge is 2.11. The van der Waals surface area contributed by atoms with Gasteiger partial charge >= 0.3 is 0 Å². The van der Waals surface area contributed by atoms with E-state index in [0.717, 1.165) is 31.7 Å². The molecule has 2 heterocycles. The van der Waals surface area contributed by atoms with Gasteiger partial charge in [0, 0.05) is 6.54 Å². The number of quaternary nitrogens is 1. The molecule has 2 aromatic heterocycles. The zero-order valence-corrected chi connectivity index (χ0v) is 14.7. The van der Waals surface area contributed by atoms with Crippen molar-refractivity contribution in [1.29, 1.82) is 0 Å². The molecule has 0 bridgehead atoms. The molecule has 7 heteroatoms. The minimum atomic E-state index is -0.170. The van der Waals surface area contributed by atoms with Crippen LogP contribution in [0.4, 0.5) is 5.95 Å². The quantitative estimate of drug-likeness (QED) is 0.558. The molecule has 1 aromatic carbocycles. The van der Waals surface area contributed by atoms with Gasteiger partial charge in [0.2, 0.25) is 5.95 Å². The molecular formula is C18H25N6O+. The Kier molecular flexibility index (Phi) is 5.45. The third kappa shape index (κ3) is 4.06. The first-order chi connectivity index (χ1) is 12.2. The maximum Gasteiger partial charge on any atom is 0.278 e. The van der Waals surface area contributed by atoms with Crippen molar-refractivity contribution in [2.24, 2.45) is 0 Å². The third-order valence-electron chi connectivity index (χ3n) is 4.45. The summed E-state index contributed by atoms with van der Waals surface area (Å²) in [5.74, 6) is 0.481. The van der Waals surface area contributed by atoms with Crippen molar-refractivity contribution in [1.82, 2.24) is 19.5 Å². The first-order valence-electron chi connectivity index (χ1n) is 8.77. The first kappa shape index (κ1) is 17.2. The summed E-state index contributed by atoms with van der Waals surface area (Å²) in [5, 5.41) is 3.20. The number of H-pyrrole nitrogens is 1. The molecule has 0 atom stereocenters. The number of aromatic amines is 1. The second kappa shape index (κ2) is 7.94. The number of nitrogens with zero attached hydrogens (tertiary/aromatic N) is 3. The number of rotatable bonds is 8. The summed E-state index contributed by atoms with van der Waals surface area (Å²) >= 11 is 0. The highest BCUT2D eigenvalue weighted by molar-refractivity contribution is 5.71. The van der Waals surface area contributed by atoms with Crippen LogP contribution in [-0.2, 0) is 6.54 Å². The number of aromatic nitrogens is 4. The molecule has 0 fully saturated rings. The summed E-state index contributed by atoms with van der Waals surface area (Å²) in [6.07, 6.45) is 1.67. The highest BCUT2D eigenvalue weighted by Crippen LogP contribution is 2.10. The van der Waals surface area contributed by atoms with Crippen LogP contribution >= 0.6 is 0 Å². The normalized spacial score (nSPS) is 11.3. The lowest BCUT2D eigenvalue weighted by molar-refractivity contribution is -0.894. The van der Waals surface area contributed by atoms with Gasteiger partial charge in [-0.2, -0.15) is 4.98 Å². The monoisotopic (exact) mass is 341 g/mol. The molecule has 0 aliphatic carbocycles. The lowest BCUT2D eigenvalue weighted by Crippen LogP contribution is -3.12. The summed E-state index contributed by atoms with van der Waals surface area (Å²) in [6.45, 7) is 8.86. The SMILES string of the molecule is CC[NH+](CC)CCNc1nc2ncn(Cc3ccccc3)c2c(=O)[nH]1. The van der Waals surface area contributed by atoms with E-state index >= 15 is 0 Å². The molecule has 3 rings (SSSR count). The number of imidazole rings is 1. The highest BCUT2D eigenvalue weighted by atomic mass is 16.1. The van der Waals surface area contributed by atoms with E-state index in [1.807, 2.05) is 34.9 Å². The molecule has 132 valence electrons. The summed E-state index contributed by atoms with van der Waals surface area (Å²) in [5.41, 5.74) is 1.92. The Hall–Kier alpha value is -2.67. The van der Waals surface area contributed by atoms with Crippen LogP contribution in [-0.4, -0.2) is 45.7 Å². The summed E-state index contributed by atoms with van der Waals surface area (Å²) < 4.78 is 1.83. The third-order valence-corrected chi connectivity index (χ3v) is 4.45. The number of fused-ring (bicyclic) bond motifs is 1. The molecule has 0 aliphatic heterocycles. The molecule has 25 heavy (non-hydrogen) atoms. The molecule has 0 unspecified atom stereocenters. The average molecular weight is 341 g/mol. The molecule has 0 amide bonds. The Morgan fingerprint density at radius 1 is 1.20 bits per heavy atom. The number of likely N-dealkylation sites (N-methyl/N-ethyl adjacent to an activating group) is 1.